The average Bonchev–Trinajstić information content (AvgIpc) is 2.52. The molecular weight excluding hydrogens is 290 g/mol. The van der Waals surface area contributed by atoms with E-state index in [9.17, 15) is 9.59 Å². The van der Waals surface area contributed by atoms with Crippen molar-refractivity contribution in [2.45, 2.75) is 103 Å². The number of carbonyl (C=O) groups excluding carboxylic acids is 2. The van der Waals surface area contributed by atoms with E-state index in [0.29, 0.717) is 6.42 Å². The molecule has 0 rings (SSSR count). The molecule has 1 unspecified atom stereocenters. The van der Waals surface area contributed by atoms with Crippen LogP contribution in [0.25, 0.3) is 0 Å². The van der Waals surface area contributed by atoms with Crippen molar-refractivity contribution >= 4 is 11.9 Å². The smallest absolute Gasteiger partial charge is 0.302 e. The van der Waals surface area contributed by atoms with Gasteiger partial charge in [0.1, 0.15) is 6.10 Å². The first kappa shape index (κ1) is 21.9. The monoisotopic (exact) mass is 327 g/mol. The molecule has 0 aliphatic carbocycles. The number of nitrogens with one attached hydrogen (secondary N) is 1. The summed E-state index contributed by atoms with van der Waals surface area (Å²) < 4.78 is 5.37. The highest BCUT2D eigenvalue weighted by atomic mass is 16.5. The number of hydrogen-bond donors (Lipinski definition) is 1. The number of unbranched alkanes of at least 4 members (excludes halogenated alkanes) is 8. The quantitative estimate of drug-likeness (QED) is 0.349. The van der Waals surface area contributed by atoms with Crippen LogP contribution in [-0.4, -0.2) is 25.0 Å². The van der Waals surface area contributed by atoms with E-state index in [1.54, 1.807) is 7.05 Å². The van der Waals surface area contributed by atoms with Crippen LogP contribution in [0.5, 0.6) is 0 Å². The summed E-state index contributed by atoms with van der Waals surface area (Å²) >= 11 is 0. The van der Waals surface area contributed by atoms with Gasteiger partial charge in [-0.15, -0.1) is 0 Å². The fourth-order valence-corrected chi connectivity index (χ4v) is 2.79. The third-order valence-corrected chi connectivity index (χ3v) is 4.17. The van der Waals surface area contributed by atoms with Crippen LogP contribution >= 0.6 is 0 Å². The van der Waals surface area contributed by atoms with E-state index in [1.165, 1.54) is 58.3 Å². The Morgan fingerprint density at radius 3 is 1.91 bits per heavy atom. The lowest BCUT2D eigenvalue weighted by Crippen LogP contribution is -2.20. The Bertz CT molecular complexity index is 305. The summed E-state index contributed by atoms with van der Waals surface area (Å²) in [4.78, 5) is 22.4. The van der Waals surface area contributed by atoms with Gasteiger partial charge >= 0.3 is 5.97 Å². The number of esters is 1. The maximum absolute atomic E-state index is 11.2. The van der Waals surface area contributed by atoms with E-state index in [2.05, 4.69) is 12.2 Å². The van der Waals surface area contributed by atoms with Crippen molar-refractivity contribution < 1.29 is 14.3 Å². The fourth-order valence-electron chi connectivity index (χ4n) is 2.79. The Morgan fingerprint density at radius 1 is 0.870 bits per heavy atom. The van der Waals surface area contributed by atoms with Crippen molar-refractivity contribution in [3.8, 4) is 0 Å². The molecule has 0 aromatic rings. The molecule has 0 fully saturated rings. The molecule has 1 N–H and O–H groups in total. The Hall–Kier alpha value is -1.06. The van der Waals surface area contributed by atoms with E-state index in [1.807, 2.05) is 0 Å². The largest absolute Gasteiger partial charge is 0.463 e. The van der Waals surface area contributed by atoms with Crippen molar-refractivity contribution in [2.24, 2.45) is 0 Å². The van der Waals surface area contributed by atoms with Gasteiger partial charge in [-0.1, -0.05) is 58.3 Å². The van der Waals surface area contributed by atoms with Crippen LogP contribution in [0.3, 0.4) is 0 Å². The van der Waals surface area contributed by atoms with Crippen molar-refractivity contribution in [2.75, 3.05) is 7.05 Å². The van der Waals surface area contributed by atoms with Crippen LogP contribution < -0.4 is 5.32 Å². The minimum atomic E-state index is -0.217. The van der Waals surface area contributed by atoms with Gasteiger partial charge in [-0.3, -0.25) is 9.59 Å². The Balaban J connectivity index is 3.67. The predicted molar refractivity (Wildman–Crippen MR) is 95.3 cm³/mol. The van der Waals surface area contributed by atoms with Gasteiger partial charge in [0, 0.05) is 20.4 Å². The molecule has 0 aliphatic rings. The van der Waals surface area contributed by atoms with Crippen LogP contribution in [0.4, 0.5) is 0 Å². The molecule has 136 valence electrons. The molecule has 0 spiro atoms. The highest BCUT2D eigenvalue weighted by Crippen LogP contribution is 2.16. The molecular formula is C19H37NO3. The zero-order valence-corrected chi connectivity index (χ0v) is 15.5. The molecule has 0 heterocycles. The van der Waals surface area contributed by atoms with E-state index >= 15 is 0 Å². The number of hydrogen-bond acceptors (Lipinski definition) is 3. The molecule has 0 bridgehead atoms. The minimum absolute atomic E-state index is 0.0262. The third kappa shape index (κ3) is 15.6. The number of rotatable bonds is 15. The first-order valence-electron chi connectivity index (χ1n) is 9.48. The first-order chi connectivity index (χ1) is 11.1. The van der Waals surface area contributed by atoms with E-state index in [-0.39, 0.29) is 18.0 Å². The molecule has 4 nitrogen and oxygen atoms in total. The maximum atomic E-state index is 11.2. The van der Waals surface area contributed by atoms with E-state index < -0.39 is 0 Å². The summed E-state index contributed by atoms with van der Waals surface area (Å²) in [5.74, 6) is -0.166. The molecule has 0 aliphatic heterocycles. The van der Waals surface area contributed by atoms with Crippen molar-refractivity contribution in [1.82, 2.24) is 5.32 Å². The summed E-state index contributed by atoms with van der Waals surface area (Å²) in [6, 6.07) is 0. The number of carbonyl (C=O) groups is 2. The van der Waals surface area contributed by atoms with Crippen LogP contribution in [-0.2, 0) is 14.3 Å². The molecule has 0 aromatic heterocycles. The predicted octanol–water partition coefficient (Wildman–Crippen LogP) is 4.76. The molecule has 1 amide bonds. The Kier molecular flexibility index (Phi) is 15.1. The standard InChI is InChI=1S/C19H37NO3/c1-4-5-6-7-8-9-10-11-12-14-18(23-17(2)21)15-13-16-19(22)20-3/h18H,4-16H2,1-3H3,(H,20,22). The first-order valence-corrected chi connectivity index (χ1v) is 9.48. The zero-order valence-electron chi connectivity index (χ0n) is 15.5. The molecule has 0 radical (unpaired) electrons. The summed E-state index contributed by atoms with van der Waals surface area (Å²) in [6.07, 6.45) is 14.6. The SMILES string of the molecule is CCCCCCCCCCCC(CCCC(=O)NC)OC(C)=O. The lowest BCUT2D eigenvalue weighted by atomic mass is 10.0. The second kappa shape index (κ2) is 15.8. The topological polar surface area (TPSA) is 55.4 Å². The van der Waals surface area contributed by atoms with E-state index in [0.717, 1.165) is 25.7 Å². The van der Waals surface area contributed by atoms with Gasteiger partial charge in [0.25, 0.3) is 0 Å². The van der Waals surface area contributed by atoms with Crippen molar-refractivity contribution in [3.63, 3.8) is 0 Å². The highest BCUT2D eigenvalue weighted by molar-refractivity contribution is 5.75. The van der Waals surface area contributed by atoms with Crippen LogP contribution in [0.2, 0.25) is 0 Å². The second-order valence-electron chi connectivity index (χ2n) is 6.41. The van der Waals surface area contributed by atoms with Crippen molar-refractivity contribution in [1.29, 1.82) is 0 Å². The summed E-state index contributed by atoms with van der Waals surface area (Å²) in [5, 5.41) is 2.62. The molecule has 0 aromatic carbocycles. The summed E-state index contributed by atoms with van der Waals surface area (Å²) in [6.45, 7) is 3.70. The Labute approximate surface area is 142 Å². The van der Waals surface area contributed by atoms with Gasteiger partial charge in [0.2, 0.25) is 5.91 Å². The molecule has 23 heavy (non-hydrogen) atoms. The van der Waals surface area contributed by atoms with Crippen LogP contribution in [0.15, 0.2) is 0 Å². The lowest BCUT2D eigenvalue weighted by Gasteiger charge is -2.16. The number of amides is 1. The van der Waals surface area contributed by atoms with Gasteiger partial charge in [0.15, 0.2) is 0 Å². The minimum Gasteiger partial charge on any atom is -0.463 e. The molecule has 4 heteroatoms. The maximum Gasteiger partial charge on any atom is 0.302 e. The van der Waals surface area contributed by atoms with Gasteiger partial charge < -0.3 is 10.1 Å². The average molecular weight is 328 g/mol. The van der Waals surface area contributed by atoms with Gasteiger partial charge in [-0.25, -0.2) is 0 Å². The van der Waals surface area contributed by atoms with Gasteiger partial charge in [-0.05, 0) is 25.7 Å². The summed E-state index contributed by atoms with van der Waals surface area (Å²) in [7, 11) is 1.65. The lowest BCUT2D eigenvalue weighted by molar-refractivity contribution is -0.147. The Morgan fingerprint density at radius 2 is 1.39 bits per heavy atom. The van der Waals surface area contributed by atoms with Crippen LogP contribution in [0.1, 0.15) is 97.3 Å². The summed E-state index contributed by atoms with van der Waals surface area (Å²) in [5.41, 5.74) is 0. The second-order valence-corrected chi connectivity index (χ2v) is 6.41. The number of ether oxygens (including phenoxy) is 1. The molecule has 0 saturated heterocycles. The molecule has 0 saturated carbocycles. The van der Waals surface area contributed by atoms with Crippen molar-refractivity contribution in [3.05, 3.63) is 0 Å². The third-order valence-electron chi connectivity index (χ3n) is 4.17. The highest BCUT2D eigenvalue weighted by Gasteiger charge is 2.12. The van der Waals surface area contributed by atoms with Gasteiger partial charge in [-0.2, -0.15) is 0 Å². The molecule has 1 atom stereocenters. The van der Waals surface area contributed by atoms with Crippen LogP contribution in [0, 0.1) is 0 Å². The van der Waals surface area contributed by atoms with E-state index in [4.69, 9.17) is 4.74 Å². The zero-order chi connectivity index (χ0) is 17.3. The normalized spacial score (nSPS) is 12.0. The van der Waals surface area contributed by atoms with Gasteiger partial charge in [0.05, 0.1) is 0 Å². The fraction of sp³-hybridized carbons (Fsp3) is 0.895.